The SMILES string of the molecule is Cc1ccc(S(=O)(=O)n2ccc(-n3cccc3C(=O)c3ccc(OS(=O)(=O)C(F)(F)F)cc3O)c2C(=O)c2ccc(C)cc2O)cc1. The van der Waals surface area contributed by atoms with E-state index in [-0.39, 0.29) is 21.8 Å². The van der Waals surface area contributed by atoms with Crippen molar-refractivity contribution >= 4 is 31.7 Å². The highest BCUT2D eigenvalue weighted by Crippen LogP contribution is 2.33. The van der Waals surface area contributed by atoms with Crippen LogP contribution in [0.25, 0.3) is 5.69 Å². The number of alkyl halides is 3. The molecular formula is C31H23F3N2O9S2. The van der Waals surface area contributed by atoms with Gasteiger partial charge in [-0.1, -0.05) is 23.8 Å². The number of benzene rings is 3. The number of phenols is 2. The van der Waals surface area contributed by atoms with Gasteiger partial charge in [-0.2, -0.15) is 21.6 Å². The topological polar surface area (TPSA) is 162 Å². The number of hydrogen-bond acceptors (Lipinski definition) is 9. The molecule has 0 spiro atoms. The first kappa shape index (κ1) is 33.0. The summed E-state index contributed by atoms with van der Waals surface area (Å²) in [5.41, 5.74) is -5.88. The number of phenolic OH excluding ortho intramolecular Hbond substituents is 2. The molecule has 2 N–H and O–H groups in total. The predicted octanol–water partition coefficient (Wildman–Crippen LogP) is 5.23. The largest absolute Gasteiger partial charge is 0.534 e. The fourth-order valence-corrected chi connectivity index (χ4v) is 6.44. The summed E-state index contributed by atoms with van der Waals surface area (Å²) in [5.74, 6) is -4.14. The summed E-state index contributed by atoms with van der Waals surface area (Å²) >= 11 is 0. The molecule has 3 aromatic carbocycles. The number of ketones is 2. The number of rotatable bonds is 9. The average molecular weight is 689 g/mol. The molecule has 0 aliphatic rings. The lowest BCUT2D eigenvalue weighted by atomic mass is 10.0. The van der Waals surface area contributed by atoms with Gasteiger partial charge in [0.15, 0.2) is 0 Å². The number of hydrogen-bond donors (Lipinski definition) is 2. The molecule has 0 unspecified atom stereocenters. The second-order valence-electron chi connectivity index (χ2n) is 10.3. The van der Waals surface area contributed by atoms with Crippen LogP contribution >= 0.6 is 0 Å². The van der Waals surface area contributed by atoms with Crippen LogP contribution in [0.5, 0.6) is 17.2 Å². The van der Waals surface area contributed by atoms with E-state index in [1.807, 2.05) is 0 Å². The van der Waals surface area contributed by atoms with Gasteiger partial charge in [0.2, 0.25) is 11.6 Å². The van der Waals surface area contributed by atoms with Crippen LogP contribution in [0.4, 0.5) is 13.2 Å². The van der Waals surface area contributed by atoms with Crippen molar-refractivity contribution in [3.63, 3.8) is 0 Å². The third kappa shape index (κ3) is 6.12. The van der Waals surface area contributed by atoms with Crippen LogP contribution in [0.15, 0.2) is 96.2 Å². The Morgan fingerprint density at radius 3 is 1.96 bits per heavy atom. The number of aromatic nitrogens is 2. The van der Waals surface area contributed by atoms with Crippen LogP contribution in [-0.4, -0.2) is 52.7 Å². The van der Waals surface area contributed by atoms with E-state index in [0.717, 1.165) is 28.5 Å². The van der Waals surface area contributed by atoms with Gasteiger partial charge in [-0.25, -0.2) is 12.4 Å². The Balaban J connectivity index is 1.63. The molecule has 47 heavy (non-hydrogen) atoms. The molecule has 0 aliphatic heterocycles. The molecule has 2 heterocycles. The first-order valence-corrected chi connectivity index (χ1v) is 16.2. The Bertz CT molecular complexity index is 2270. The molecule has 5 rings (SSSR count). The lowest BCUT2D eigenvalue weighted by molar-refractivity contribution is -0.0500. The van der Waals surface area contributed by atoms with Gasteiger partial charge in [0.25, 0.3) is 10.0 Å². The third-order valence-electron chi connectivity index (χ3n) is 6.97. The maximum Gasteiger partial charge on any atom is 0.534 e. The van der Waals surface area contributed by atoms with Crippen molar-refractivity contribution in [1.29, 1.82) is 0 Å². The molecule has 16 heteroatoms. The second-order valence-corrected chi connectivity index (χ2v) is 13.6. The van der Waals surface area contributed by atoms with Crippen molar-refractivity contribution in [2.45, 2.75) is 24.3 Å². The molecule has 0 aliphatic carbocycles. The Hall–Kier alpha value is -5.35. The van der Waals surface area contributed by atoms with Crippen LogP contribution in [-0.2, 0) is 20.1 Å². The van der Waals surface area contributed by atoms with Gasteiger partial charge in [0, 0.05) is 18.5 Å². The van der Waals surface area contributed by atoms with Gasteiger partial charge >= 0.3 is 15.6 Å². The van der Waals surface area contributed by atoms with E-state index < -0.39 is 65.7 Å². The van der Waals surface area contributed by atoms with Crippen LogP contribution in [0.1, 0.15) is 43.2 Å². The lowest BCUT2D eigenvalue weighted by Crippen LogP contribution is -2.28. The molecule has 0 atom stereocenters. The normalized spacial score (nSPS) is 12.2. The second kappa shape index (κ2) is 11.8. The van der Waals surface area contributed by atoms with E-state index in [0.29, 0.717) is 15.6 Å². The lowest BCUT2D eigenvalue weighted by Gasteiger charge is -2.15. The first-order chi connectivity index (χ1) is 21.9. The van der Waals surface area contributed by atoms with Gasteiger partial charge in [-0.05, 0) is 74.0 Å². The number of halogens is 3. The Kier molecular flexibility index (Phi) is 8.28. The fraction of sp³-hybridized carbons (Fsp3) is 0.0968. The number of carbonyl (C=O) groups is 2. The summed E-state index contributed by atoms with van der Waals surface area (Å²) in [6.07, 6.45) is 2.42. The van der Waals surface area contributed by atoms with Gasteiger partial charge in [0.1, 0.15) is 22.9 Å². The highest BCUT2D eigenvalue weighted by atomic mass is 32.2. The summed E-state index contributed by atoms with van der Waals surface area (Å²) < 4.78 is 94.4. The van der Waals surface area contributed by atoms with E-state index in [4.69, 9.17) is 0 Å². The van der Waals surface area contributed by atoms with Gasteiger partial charge in [-0.3, -0.25) is 9.59 Å². The molecule has 2 aromatic heterocycles. The van der Waals surface area contributed by atoms with Crippen LogP contribution in [0.2, 0.25) is 0 Å². The van der Waals surface area contributed by atoms with Crippen LogP contribution in [0, 0.1) is 13.8 Å². The van der Waals surface area contributed by atoms with Gasteiger partial charge < -0.3 is 19.0 Å². The molecule has 0 radical (unpaired) electrons. The minimum absolute atomic E-state index is 0.116. The summed E-state index contributed by atoms with van der Waals surface area (Å²) in [5, 5.41) is 21.1. The first-order valence-electron chi connectivity index (χ1n) is 13.4. The summed E-state index contributed by atoms with van der Waals surface area (Å²) in [6.45, 7) is 3.43. The molecule has 5 aromatic rings. The zero-order valence-corrected chi connectivity index (χ0v) is 25.9. The minimum Gasteiger partial charge on any atom is -0.507 e. The highest BCUT2D eigenvalue weighted by molar-refractivity contribution is 7.90. The molecule has 11 nitrogen and oxygen atoms in total. The molecule has 0 saturated heterocycles. The van der Waals surface area contributed by atoms with Crippen LogP contribution < -0.4 is 4.18 Å². The molecule has 0 fully saturated rings. The molecular weight excluding hydrogens is 665 g/mol. The highest BCUT2D eigenvalue weighted by Gasteiger charge is 2.48. The molecule has 244 valence electrons. The number of aryl methyl sites for hydroxylation is 2. The number of aromatic hydroxyl groups is 2. The van der Waals surface area contributed by atoms with Crippen LogP contribution in [0.3, 0.4) is 0 Å². The zero-order chi connectivity index (χ0) is 34.5. The van der Waals surface area contributed by atoms with Crippen molar-refractivity contribution in [3.8, 4) is 22.9 Å². The predicted molar refractivity (Wildman–Crippen MR) is 161 cm³/mol. The fourth-order valence-electron chi connectivity index (χ4n) is 4.64. The van der Waals surface area contributed by atoms with Crippen molar-refractivity contribution < 1.29 is 54.0 Å². The van der Waals surface area contributed by atoms with Crippen molar-refractivity contribution in [1.82, 2.24) is 8.54 Å². The van der Waals surface area contributed by atoms with Crippen molar-refractivity contribution in [2.24, 2.45) is 0 Å². The minimum atomic E-state index is -6.06. The Morgan fingerprint density at radius 1 is 0.745 bits per heavy atom. The monoisotopic (exact) mass is 688 g/mol. The van der Waals surface area contributed by atoms with E-state index in [9.17, 15) is 49.8 Å². The van der Waals surface area contributed by atoms with E-state index in [2.05, 4.69) is 4.18 Å². The number of nitrogens with zero attached hydrogens (tertiary/aromatic N) is 2. The Morgan fingerprint density at radius 2 is 1.34 bits per heavy atom. The van der Waals surface area contributed by atoms with Crippen molar-refractivity contribution in [3.05, 3.63) is 125 Å². The molecule has 0 saturated carbocycles. The maximum absolute atomic E-state index is 14.0. The summed E-state index contributed by atoms with van der Waals surface area (Å²) in [4.78, 5) is 27.5. The standard InChI is InChI=1S/C31H23F3N2O9S2/c1-18-5-9-21(10-6-18)46(41,42)36-15-13-24(28(36)30(40)23-11-7-19(2)16-26(23)37)35-14-3-4-25(35)29(39)22-12-8-20(17-27(22)38)45-47(43,44)31(32,33)34/h3-17,37-38H,1-2H3. The van der Waals surface area contributed by atoms with Crippen molar-refractivity contribution in [2.75, 3.05) is 0 Å². The third-order valence-corrected chi connectivity index (χ3v) is 9.63. The molecule has 0 amide bonds. The number of carbonyl (C=O) groups excluding carboxylic acids is 2. The smallest absolute Gasteiger partial charge is 0.507 e. The summed E-state index contributed by atoms with van der Waals surface area (Å²) in [6, 6.07) is 15.9. The van der Waals surface area contributed by atoms with E-state index in [1.54, 1.807) is 26.0 Å². The molecule has 0 bridgehead atoms. The van der Waals surface area contributed by atoms with Gasteiger partial charge in [0.05, 0.1) is 27.4 Å². The maximum atomic E-state index is 14.0. The Labute approximate surface area is 265 Å². The summed E-state index contributed by atoms with van der Waals surface area (Å²) in [7, 11) is -10.5. The van der Waals surface area contributed by atoms with E-state index in [1.165, 1.54) is 54.7 Å². The van der Waals surface area contributed by atoms with E-state index >= 15 is 0 Å². The quantitative estimate of drug-likeness (QED) is 0.120. The average Bonchev–Trinajstić information content (AvgIpc) is 3.64. The zero-order valence-electron chi connectivity index (χ0n) is 24.3. The van der Waals surface area contributed by atoms with Gasteiger partial charge in [-0.15, -0.1) is 0 Å².